The molecule has 180 valence electrons. The zero-order chi connectivity index (χ0) is 22.3. The van der Waals surface area contributed by atoms with Gasteiger partial charge in [0.05, 0.1) is 25.9 Å². The van der Waals surface area contributed by atoms with E-state index in [2.05, 4.69) is 82.5 Å². The number of rotatable bonds is 5. The zero-order valence-electron chi connectivity index (χ0n) is 20.0. The van der Waals surface area contributed by atoms with Crippen molar-refractivity contribution in [1.82, 2.24) is 15.1 Å². The summed E-state index contributed by atoms with van der Waals surface area (Å²) in [5.41, 5.74) is 5.15. The van der Waals surface area contributed by atoms with Gasteiger partial charge in [-0.2, -0.15) is 0 Å². The van der Waals surface area contributed by atoms with Crippen molar-refractivity contribution in [1.29, 1.82) is 0 Å². The van der Waals surface area contributed by atoms with Crippen LogP contribution in [0.15, 0.2) is 53.5 Å². The van der Waals surface area contributed by atoms with Crippen molar-refractivity contribution in [2.45, 2.75) is 39.1 Å². The third-order valence-electron chi connectivity index (χ3n) is 6.29. The Labute approximate surface area is 215 Å². The van der Waals surface area contributed by atoms with E-state index in [1.165, 1.54) is 22.3 Å². The van der Waals surface area contributed by atoms with E-state index in [0.717, 1.165) is 51.8 Å². The largest absolute Gasteiger partial charge is 0.376 e. The fraction of sp³-hybridized carbons (Fsp3) is 0.500. The normalized spacial score (nSPS) is 22.0. The van der Waals surface area contributed by atoms with Crippen LogP contribution in [0.3, 0.4) is 0 Å². The molecule has 2 fully saturated rings. The van der Waals surface area contributed by atoms with E-state index in [1.54, 1.807) is 0 Å². The van der Waals surface area contributed by atoms with Crippen LogP contribution in [-0.4, -0.2) is 68.3 Å². The second-order valence-electron chi connectivity index (χ2n) is 8.80. The quantitative estimate of drug-likeness (QED) is 0.339. The molecule has 2 saturated heterocycles. The number of ether oxygens (including phenoxy) is 2. The first-order valence-corrected chi connectivity index (χ1v) is 11.7. The number of aryl methyl sites for hydroxylation is 1. The molecular formula is C26H37IN4O2. The number of morpholine rings is 2. The Bertz CT molecular complexity index is 923. The number of halogens is 1. The summed E-state index contributed by atoms with van der Waals surface area (Å²) in [4.78, 5) is 9.33. The number of guanidine groups is 1. The predicted molar refractivity (Wildman–Crippen MR) is 144 cm³/mol. The van der Waals surface area contributed by atoms with Crippen LogP contribution in [0.5, 0.6) is 0 Å². The minimum absolute atomic E-state index is 0. The van der Waals surface area contributed by atoms with Crippen LogP contribution < -0.4 is 5.32 Å². The summed E-state index contributed by atoms with van der Waals surface area (Å²) in [6.45, 7) is 11.2. The van der Waals surface area contributed by atoms with Crippen molar-refractivity contribution >= 4 is 29.9 Å². The molecule has 33 heavy (non-hydrogen) atoms. The molecule has 7 heteroatoms. The molecule has 2 aliphatic heterocycles. The maximum atomic E-state index is 6.09. The number of hydrogen-bond acceptors (Lipinski definition) is 4. The fourth-order valence-electron chi connectivity index (χ4n) is 4.62. The molecule has 0 aliphatic carbocycles. The van der Waals surface area contributed by atoms with Gasteiger partial charge in [-0.15, -0.1) is 24.0 Å². The molecule has 2 atom stereocenters. The number of nitrogens with one attached hydrogen (secondary N) is 1. The lowest BCUT2D eigenvalue weighted by Crippen LogP contribution is -2.48. The third-order valence-corrected chi connectivity index (χ3v) is 6.29. The van der Waals surface area contributed by atoms with E-state index < -0.39 is 0 Å². The van der Waals surface area contributed by atoms with Crippen LogP contribution in [0.1, 0.15) is 35.3 Å². The van der Waals surface area contributed by atoms with Crippen LogP contribution in [0.25, 0.3) is 0 Å². The van der Waals surface area contributed by atoms with Gasteiger partial charge in [-0.25, -0.2) is 0 Å². The van der Waals surface area contributed by atoms with Crippen molar-refractivity contribution in [3.05, 3.63) is 70.8 Å². The molecule has 2 aliphatic rings. The van der Waals surface area contributed by atoms with Crippen LogP contribution in [0.4, 0.5) is 0 Å². The van der Waals surface area contributed by atoms with Gasteiger partial charge in [0.2, 0.25) is 0 Å². The molecule has 2 heterocycles. The average Bonchev–Trinajstić information content (AvgIpc) is 2.80. The van der Waals surface area contributed by atoms with E-state index >= 15 is 0 Å². The smallest absolute Gasteiger partial charge is 0.194 e. The highest BCUT2D eigenvalue weighted by Gasteiger charge is 2.25. The number of hydrogen-bond donors (Lipinski definition) is 1. The Kier molecular flexibility index (Phi) is 9.97. The Morgan fingerprint density at radius 2 is 1.82 bits per heavy atom. The Morgan fingerprint density at radius 3 is 2.61 bits per heavy atom. The second-order valence-corrected chi connectivity index (χ2v) is 8.80. The summed E-state index contributed by atoms with van der Waals surface area (Å²) >= 11 is 0. The maximum Gasteiger partial charge on any atom is 0.194 e. The van der Waals surface area contributed by atoms with Gasteiger partial charge in [0.25, 0.3) is 0 Å². The summed E-state index contributed by atoms with van der Waals surface area (Å²) in [6, 6.07) is 17.3. The lowest BCUT2D eigenvalue weighted by Gasteiger charge is -2.35. The zero-order valence-corrected chi connectivity index (χ0v) is 22.3. The summed E-state index contributed by atoms with van der Waals surface area (Å²) < 4.78 is 11.8. The molecule has 0 amide bonds. The van der Waals surface area contributed by atoms with Gasteiger partial charge in [-0.3, -0.25) is 9.89 Å². The minimum atomic E-state index is 0. The van der Waals surface area contributed by atoms with Gasteiger partial charge < -0.3 is 19.7 Å². The molecule has 2 aromatic rings. The van der Waals surface area contributed by atoms with Gasteiger partial charge >= 0.3 is 0 Å². The molecule has 0 radical (unpaired) electrons. The summed E-state index contributed by atoms with van der Waals surface area (Å²) in [6.07, 6.45) is 0.386. The van der Waals surface area contributed by atoms with E-state index in [-0.39, 0.29) is 30.1 Å². The molecule has 1 N–H and O–H groups in total. The molecule has 4 rings (SSSR count). The van der Waals surface area contributed by atoms with Crippen LogP contribution in [0, 0.1) is 6.92 Å². The molecular weight excluding hydrogens is 527 g/mol. The minimum Gasteiger partial charge on any atom is -0.376 e. The van der Waals surface area contributed by atoms with Gasteiger partial charge in [-0.1, -0.05) is 48.5 Å². The Balaban J connectivity index is 0.00000306. The first kappa shape index (κ1) is 25.9. The monoisotopic (exact) mass is 564 g/mol. The molecule has 0 saturated carbocycles. The van der Waals surface area contributed by atoms with Gasteiger partial charge in [0.1, 0.15) is 6.10 Å². The van der Waals surface area contributed by atoms with Crippen LogP contribution in [-0.2, 0) is 22.6 Å². The van der Waals surface area contributed by atoms with Gasteiger partial charge in [0, 0.05) is 39.8 Å². The van der Waals surface area contributed by atoms with Crippen molar-refractivity contribution in [2.75, 3.05) is 46.4 Å². The average molecular weight is 565 g/mol. The van der Waals surface area contributed by atoms with Gasteiger partial charge in [0.15, 0.2) is 5.96 Å². The van der Waals surface area contributed by atoms with Crippen molar-refractivity contribution < 1.29 is 9.47 Å². The van der Waals surface area contributed by atoms with Crippen molar-refractivity contribution in [3.63, 3.8) is 0 Å². The standard InChI is InChI=1S/C26H36N4O2.HI/c1-20-7-4-5-10-24(20)25-19-30(12-14-32-25)26(27-3)28-16-22-8-6-9-23(15-22)18-29-11-13-31-21(2)17-29;/h4-10,15,21,25H,11-14,16-19H2,1-3H3,(H,27,28);1H. The van der Waals surface area contributed by atoms with Gasteiger partial charge in [-0.05, 0) is 36.1 Å². The summed E-state index contributed by atoms with van der Waals surface area (Å²) in [7, 11) is 1.86. The second kappa shape index (κ2) is 12.7. The van der Waals surface area contributed by atoms with Crippen LogP contribution >= 0.6 is 24.0 Å². The number of aliphatic imine (C=N–C) groups is 1. The summed E-state index contributed by atoms with van der Waals surface area (Å²) in [5.74, 6) is 0.930. The topological polar surface area (TPSA) is 49.3 Å². The first-order chi connectivity index (χ1) is 15.6. The maximum absolute atomic E-state index is 6.09. The lowest BCUT2D eigenvalue weighted by molar-refractivity contribution is -0.0212. The molecule has 2 unspecified atom stereocenters. The molecule has 0 aromatic heterocycles. The molecule has 6 nitrogen and oxygen atoms in total. The SMILES string of the molecule is CN=C(NCc1cccc(CN2CCOC(C)C2)c1)N1CCOC(c2ccccc2C)C1.I. The lowest BCUT2D eigenvalue weighted by atomic mass is 10.0. The van der Waals surface area contributed by atoms with E-state index in [0.29, 0.717) is 12.7 Å². The third kappa shape index (κ3) is 7.15. The van der Waals surface area contributed by atoms with E-state index in [1.807, 2.05) is 7.05 Å². The highest BCUT2D eigenvalue weighted by atomic mass is 127. The molecule has 0 bridgehead atoms. The first-order valence-electron chi connectivity index (χ1n) is 11.7. The Hall–Kier alpha value is -1.68. The van der Waals surface area contributed by atoms with Crippen LogP contribution in [0.2, 0.25) is 0 Å². The van der Waals surface area contributed by atoms with Crippen molar-refractivity contribution in [2.24, 2.45) is 4.99 Å². The fourth-order valence-corrected chi connectivity index (χ4v) is 4.62. The number of benzene rings is 2. The predicted octanol–water partition coefficient (Wildman–Crippen LogP) is 3.98. The molecule has 0 spiro atoms. The van der Waals surface area contributed by atoms with E-state index in [4.69, 9.17) is 9.47 Å². The highest BCUT2D eigenvalue weighted by Crippen LogP contribution is 2.25. The number of nitrogens with zero attached hydrogens (tertiary/aromatic N) is 3. The Morgan fingerprint density at radius 1 is 1.03 bits per heavy atom. The summed E-state index contributed by atoms with van der Waals surface area (Å²) in [5, 5.41) is 3.57. The van der Waals surface area contributed by atoms with Crippen molar-refractivity contribution in [3.8, 4) is 0 Å². The molecule has 2 aromatic carbocycles. The highest BCUT2D eigenvalue weighted by molar-refractivity contribution is 14.0. The van der Waals surface area contributed by atoms with E-state index in [9.17, 15) is 0 Å².